The molecule has 1 atom stereocenters. The summed E-state index contributed by atoms with van der Waals surface area (Å²) in [7, 11) is 1.90. The highest BCUT2D eigenvalue weighted by Gasteiger charge is 2.32. The van der Waals surface area contributed by atoms with E-state index >= 15 is 0 Å². The van der Waals surface area contributed by atoms with E-state index in [0.29, 0.717) is 54.8 Å². The number of benzene rings is 4. The molecule has 62 heavy (non-hydrogen) atoms. The van der Waals surface area contributed by atoms with Gasteiger partial charge >= 0.3 is 0 Å². The first-order valence-electron chi connectivity index (χ1n) is 21.6. The molecule has 0 radical (unpaired) electrons. The summed E-state index contributed by atoms with van der Waals surface area (Å²) in [5.74, 6) is -2.06. The molecule has 0 saturated carbocycles. The molecule has 5 heterocycles. The van der Waals surface area contributed by atoms with E-state index in [9.17, 15) is 23.2 Å². The molecular formula is C47H51F2N9O4. The van der Waals surface area contributed by atoms with Gasteiger partial charge in [0.05, 0.1) is 28.2 Å². The number of nitrogens with one attached hydrogen (secondary N) is 4. The van der Waals surface area contributed by atoms with Crippen molar-refractivity contribution < 1.29 is 27.9 Å². The van der Waals surface area contributed by atoms with Gasteiger partial charge in [-0.15, -0.1) is 0 Å². The molecule has 2 aromatic heterocycles. The number of piperidine rings is 1. The molecule has 0 spiro atoms. The van der Waals surface area contributed by atoms with E-state index in [1.54, 1.807) is 0 Å². The van der Waals surface area contributed by atoms with Crippen molar-refractivity contribution >= 4 is 56.7 Å². The third-order valence-electron chi connectivity index (χ3n) is 12.5. The molecule has 13 nitrogen and oxygen atoms in total. The van der Waals surface area contributed by atoms with Crippen molar-refractivity contribution in [2.45, 2.75) is 63.3 Å². The maximum Gasteiger partial charge on any atom is 0.258 e. The highest BCUT2D eigenvalue weighted by Crippen LogP contribution is 2.32. The Morgan fingerprint density at radius 2 is 1.65 bits per heavy atom. The Balaban J connectivity index is 0.813. The number of anilines is 3. The number of carbonyl (C=O) groups excluding carboxylic acids is 3. The van der Waals surface area contributed by atoms with Gasteiger partial charge in [0.25, 0.3) is 5.91 Å². The van der Waals surface area contributed by atoms with Crippen LogP contribution in [0.2, 0.25) is 0 Å². The molecular weight excluding hydrogens is 793 g/mol. The Labute approximate surface area is 358 Å². The molecule has 4 N–H and O–H groups in total. The topological polar surface area (TPSA) is 150 Å². The average Bonchev–Trinajstić information content (AvgIpc) is 3.81. The molecule has 3 fully saturated rings. The Hall–Kier alpha value is -6.19. The Kier molecular flexibility index (Phi) is 12.0. The van der Waals surface area contributed by atoms with Crippen molar-refractivity contribution in [1.29, 1.82) is 0 Å². The molecule has 0 bridgehead atoms. The van der Waals surface area contributed by atoms with Gasteiger partial charge in [0, 0.05) is 87.1 Å². The zero-order chi connectivity index (χ0) is 42.7. The third-order valence-corrected chi connectivity index (χ3v) is 12.5. The number of H-pyrrole nitrogens is 1. The number of fused-ring (bicyclic) bond motifs is 2. The first-order valence-corrected chi connectivity index (χ1v) is 21.6. The predicted octanol–water partition coefficient (Wildman–Crippen LogP) is 6.83. The Morgan fingerprint density at radius 3 is 2.44 bits per heavy atom. The van der Waals surface area contributed by atoms with E-state index in [-0.39, 0.29) is 23.8 Å². The summed E-state index contributed by atoms with van der Waals surface area (Å²) in [5.41, 5.74) is 7.39. The number of hydrogen-bond donors (Lipinski definition) is 4. The lowest BCUT2D eigenvalue weighted by atomic mass is 9.92. The normalized spacial score (nSPS) is 17.8. The van der Waals surface area contributed by atoms with E-state index in [0.717, 1.165) is 110 Å². The third kappa shape index (κ3) is 9.19. The minimum atomic E-state index is -0.623. The predicted molar refractivity (Wildman–Crippen MR) is 235 cm³/mol. The second-order valence-corrected chi connectivity index (χ2v) is 16.8. The number of aromatic amines is 1. The second-order valence-electron chi connectivity index (χ2n) is 16.8. The number of halogens is 2. The molecule has 3 amide bonds. The lowest BCUT2D eigenvalue weighted by Gasteiger charge is -2.36. The van der Waals surface area contributed by atoms with Crippen LogP contribution in [0.25, 0.3) is 21.8 Å². The first-order chi connectivity index (χ1) is 30.1. The summed E-state index contributed by atoms with van der Waals surface area (Å²) in [6, 6.07) is 21.7. The monoisotopic (exact) mass is 843 g/mol. The fourth-order valence-corrected chi connectivity index (χ4v) is 9.09. The van der Waals surface area contributed by atoms with Crippen LogP contribution in [-0.4, -0.2) is 94.6 Å². The van der Waals surface area contributed by atoms with Gasteiger partial charge in [-0.05, 0) is 117 Å². The zero-order valence-corrected chi connectivity index (χ0v) is 34.8. The summed E-state index contributed by atoms with van der Waals surface area (Å²) >= 11 is 0. The Morgan fingerprint density at radius 1 is 0.855 bits per heavy atom. The number of imide groups is 1. The molecule has 6 aromatic rings. The standard InChI is InChI=1S/C47H51F2N9O4/c1-56-42-26-29(5-8-37(42)44(55-56)38-10-12-43(59)51-47(38)61)4-2-3-15-57-16-18-58(19-17-57)35-7-9-36(41(28-35)50-34-13-20-62-21-14-34)46(60)52-45-39-25-30(6-11-40(39)53-54-45)22-31-23-32(48)27-33(49)24-31/h5-9,11,23-28,34,38,50H,2-4,10,12-22H2,1H3,(H,51,59,61)(H2,52,53,54,60). The summed E-state index contributed by atoms with van der Waals surface area (Å²) in [6.45, 7) is 5.98. The molecule has 3 saturated heterocycles. The quantitative estimate of drug-likeness (QED) is 0.0726. The van der Waals surface area contributed by atoms with Crippen LogP contribution >= 0.6 is 0 Å². The smallest absolute Gasteiger partial charge is 0.258 e. The van der Waals surface area contributed by atoms with Crippen molar-refractivity contribution in [3.63, 3.8) is 0 Å². The van der Waals surface area contributed by atoms with Gasteiger partial charge in [-0.25, -0.2) is 8.78 Å². The minimum Gasteiger partial charge on any atom is -0.381 e. The average molecular weight is 844 g/mol. The maximum absolute atomic E-state index is 14.0. The molecule has 3 aliphatic rings. The van der Waals surface area contributed by atoms with Crippen molar-refractivity contribution in [3.8, 4) is 0 Å². The summed E-state index contributed by atoms with van der Waals surface area (Å²) in [4.78, 5) is 43.1. The number of hydrogen-bond acceptors (Lipinski definition) is 9. The molecule has 4 aromatic carbocycles. The highest BCUT2D eigenvalue weighted by atomic mass is 19.1. The van der Waals surface area contributed by atoms with Crippen molar-refractivity contribution in [3.05, 3.63) is 112 Å². The SMILES string of the molecule is Cn1nc(C2CCC(=O)NC2=O)c2ccc(CCCCN3CCN(c4ccc(C(=O)Nc5n[nH]c6ccc(Cc7cc(F)cc(F)c7)cc56)c(NC5CCOCC5)c4)CC3)cc21. The van der Waals surface area contributed by atoms with E-state index in [2.05, 4.69) is 65.3 Å². The molecule has 9 rings (SSSR count). The number of rotatable bonds is 13. The number of aromatic nitrogens is 4. The Bertz CT molecular complexity index is 2610. The van der Waals surface area contributed by atoms with Gasteiger partial charge in [-0.2, -0.15) is 10.2 Å². The summed E-state index contributed by atoms with van der Waals surface area (Å²) < 4.78 is 35.2. The molecule has 1 unspecified atom stereocenters. The molecule has 3 aliphatic heterocycles. The van der Waals surface area contributed by atoms with Crippen molar-refractivity contribution in [2.75, 3.05) is 61.5 Å². The lowest BCUT2D eigenvalue weighted by molar-refractivity contribution is -0.134. The first kappa shape index (κ1) is 41.2. The van der Waals surface area contributed by atoms with Crippen LogP contribution in [0.15, 0.2) is 72.8 Å². The molecule has 322 valence electrons. The number of aryl methyl sites for hydroxylation is 2. The zero-order valence-electron chi connectivity index (χ0n) is 34.8. The number of nitrogens with zero attached hydrogens (tertiary/aromatic N) is 5. The van der Waals surface area contributed by atoms with Crippen molar-refractivity contribution in [1.82, 2.24) is 30.2 Å². The van der Waals surface area contributed by atoms with Gasteiger partial charge in [0.1, 0.15) is 11.6 Å². The molecule has 0 aliphatic carbocycles. The number of amides is 3. The second kappa shape index (κ2) is 18.0. The highest BCUT2D eigenvalue weighted by molar-refractivity contribution is 6.11. The maximum atomic E-state index is 14.0. The number of piperazine rings is 1. The fraction of sp³-hybridized carbons (Fsp3) is 0.383. The fourth-order valence-electron chi connectivity index (χ4n) is 9.09. The van der Waals surface area contributed by atoms with Crippen LogP contribution in [0.4, 0.5) is 26.0 Å². The summed E-state index contributed by atoms with van der Waals surface area (Å²) in [5, 5.41) is 22.9. The number of ether oxygens (including phenoxy) is 1. The van der Waals surface area contributed by atoms with Crippen LogP contribution in [0.1, 0.15) is 77.2 Å². The number of unbranched alkanes of at least 4 members (excludes halogenated alkanes) is 1. The van der Waals surface area contributed by atoms with Crippen LogP contribution in [0.5, 0.6) is 0 Å². The van der Waals surface area contributed by atoms with Gasteiger partial charge in [0.2, 0.25) is 11.8 Å². The van der Waals surface area contributed by atoms with E-state index in [1.807, 2.05) is 42.1 Å². The van der Waals surface area contributed by atoms with Crippen LogP contribution in [0, 0.1) is 11.6 Å². The molecule has 15 heteroatoms. The van der Waals surface area contributed by atoms with Crippen LogP contribution in [0.3, 0.4) is 0 Å². The summed E-state index contributed by atoms with van der Waals surface area (Å²) in [6.07, 6.45) is 5.90. The van der Waals surface area contributed by atoms with Gasteiger partial charge in [0.15, 0.2) is 5.82 Å². The van der Waals surface area contributed by atoms with Gasteiger partial charge < -0.3 is 20.3 Å². The van der Waals surface area contributed by atoms with E-state index in [1.165, 1.54) is 17.7 Å². The van der Waals surface area contributed by atoms with Gasteiger partial charge in [-0.3, -0.25) is 34.4 Å². The lowest BCUT2D eigenvalue weighted by Crippen LogP contribution is -2.46. The van der Waals surface area contributed by atoms with Crippen LogP contribution in [-0.2, 0) is 34.2 Å². The van der Waals surface area contributed by atoms with E-state index in [4.69, 9.17) is 4.74 Å². The minimum absolute atomic E-state index is 0.171. The van der Waals surface area contributed by atoms with Crippen molar-refractivity contribution in [2.24, 2.45) is 7.05 Å². The number of carbonyl (C=O) groups is 3. The van der Waals surface area contributed by atoms with Gasteiger partial charge in [-0.1, -0.05) is 18.2 Å². The largest absolute Gasteiger partial charge is 0.381 e. The van der Waals surface area contributed by atoms with E-state index < -0.39 is 17.6 Å². The van der Waals surface area contributed by atoms with Crippen LogP contribution < -0.4 is 20.9 Å².